The van der Waals surface area contributed by atoms with Crippen molar-refractivity contribution in [3.8, 4) is 0 Å². The van der Waals surface area contributed by atoms with Crippen molar-refractivity contribution in [1.29, 1.82) is 0 Å². The second-order valence-corrected chi connectivity index (χ2v) is 4.59. The van der Waals surface area contributed by atoms with Gasteiger partial charge >= 0.3 is 18.1 Å². The van der Waals surface area contributed by atoms with E-state index < -0.39 is 6.16 Å². The number of carbonyl (C=O) groups is 3. The third-order valence-corrected chi connectivity index (χ3v) is 2.42. The van der Waals surface area contributed by atoms with Gasteiger partial charge in [-0.15, -0.1) is 0 Å². The lowest BCUT2D eigenvalue weighted by Crippen LogP contribution is -2.12. The fraction of sp³-hybridized carbons (Fsp3) is 0.800. The summed E-state index contributed by atoms with van der Waals surface area (Å²) in [4.78, 5) is 33.5. The van der Waals surface area contributed by atoms with Crippen LogP contribution < -0.4 is 0 Å². The fourth-order valence-electron chi connectivity index (χ4n) is 1.36. The van der Waals surface area contributed by atoms with E-state index in [1.54, 1.807) is 0 Å². The molecule has 0 saturated carbocycles. The smallest absolute Gasteiger partial charge is 0.466 e. The lowest BCUT2D eigenvalue weighted by atomic mass is 10.3. The summed E-state index contributed by atoms with van der Waals surface area (Å²) in [6.07, 6.45) is 1.94. The van der Waals surface area contributed by atoms with Gasteiger partial charge in [0, 0.05) is 12.8 Å². The minimum Gasteiger partial charge on any atom is -0.466 e. The highest BCUT2D eigenvalue weighted by Crippen LogP contribution is 1.99. The molecule has 0 saturated heterocycles. The fourth-order valence-corrected chi connectivity index (χ4v) is 1.36. The maximum atomic E-state index is 11.2. The standard InChI is InChI=1S/C15H26O7/c1-3-9-19-13(16)7-5-11-21-15(18)22-12-6-8-14(17)20-10-4-2/h3-12H2,1-2H3. The molecule has 0 fully saturated rings. The molecule has 0 aromatic carbocycles. The zero-order valence-electron chi connectivity index (χ0n) is 13.4. The Labute approximate surface area is 131 Å². The van der Waals surface area contributed by atoms with E-state index >= 15 is 0 Å². The third-order valence-electron chi connectivity index (χ3n) is 2.42. The average Bonchev–Trinajstić information content (AvgIpc) is 2.51. The Kier molecular flexibility index (Phi) is 13.0. The molecule has 0 spiro atoms. The molecule has 7 heteroatoms. The lowest BCUT2D eigenvalue weighted by Gasteiger charge is -2.06. The molecular weight excluding hydrogens is 292 g/mol. The quantitative estimate of drug-likeness (QED) is 0.310. The molecule has 0 aliphatic carbocycles. The van der Waals surface area contributed by atoms with Gasteiger partial charge in [0.2, 0.25) is 0 Å². The first-order valence-electron chi connectivity index (χ1n) is 7.70. The van der Waals surface area contributed by atoms with Gasteiger partial charge in [0.1, 0.15) is 0 Å². The molecule has 0 heterocycles. The van der Waals surface area contributed by atoms with Crippen LogP contribution in [0.2, 0.25) is 0 Å². The summed E-state index contributed by atoms with van der Waals surface area (Å²) in [5.74, 6) is -0.603. The van der Waals surface area contributed by atoms with Gasteiger partial charge < -0.3 is 18.9 Å². The van der Waals surface area contributed by atoms with Crippen LogP contribution in [-0.4, -0.2) is 44.5 Å². The summed E-state index contributed by atoms with van der Waals surface area (Å²) in [6.45, 7) is 4.83. The lowest BCUT2D eigenvalue weighted by molar-refractivity contribution is -0.144. The van der Waals surface area contributed by atoms with E-state index in [0.29, 0.717) is 26.1 Å². The van der Waals surface area contributed by atoms with Crippen molar-refractivity contribution < 1.29 is 33.3 Å². The van der Waals surface area contributed by atoms with Crippen LogP contribution in [-0.2, 0) is 28.5 Å². The van der Waals surface area contributed by atoms with Crippen LogP contribution in [0.1, 0.15) is 52.4 Å². The van der Waals surface area contributed by atoms with E-state index in [4.69, 9.17) is 18.9 Å². The summed E-state index contributed by atoms with van der Waals surface area (Å²) in [6, 6.07) is 0. The molecule has 7 nitrogen and oxygen atoms in total. The molecule has 0 unspecified atom stereocenters. The van der Waals surface area contributed by atoms with Gasteiger partial charge in [-0.2, -0.15) is 0 Å². The summed E-state index contributed by atoms with van der Waals surface area (Å²) in [5, 5.41) is 0. The minimum absolute atomic E-state index is 0.0958. The molecule has 0 amide bonds. The number of hydrogen-bond acceptors (Lipinski definition) is 7. The highest BCUT2D eigenvalue weighted by molar-refractivity contribution is 5.69. The molecule has 0 rings (SSSR count). The summed E-state index contributed by atoms with van der Waals surface area (Å²) in [5.41, 5.74) is 0. The summed E-state index contributed by atoms with van der Waals surface area (Å²) in [7, 11) is 0. The van der Waals surface area contributed by atoms with Gasteiger partial charge in [-0.3, -0.25) is 9.59 Å². The SMILES string of the molecule is CCCOC(=O)CCCOC(=O)OCCCC(=O)OCCC. The monoisotopic (exact) mass is 318 g/mol. The summed E-state index contributed by atoms with van der Waals surface area (Å²) < 4.78 is 19.3. The average molecular weight is 318 g/mol. The summed E-state index contributed by atoms with van der Waals surface area (Å²) >= 11 is 0. The zero-order valence-corrected chi connectivity index (χ0v) is 13.4. The molecule has 0 bridgehead atoms. The van der Waals surface area contributed by atoms with Crippen LogP contribution in [0.4, 0.5) is 4.79 Å². The highest BCUT2D eigenvalue weighted by atomic mass is 16.7. The van der Waals surface area contributed by atoms with Gasteiger partial charge in [-0.25, -0.2) is 4.79 Å². The Hall–Kier alpha value is -1.79. The largest absolute Gasteiger partial charge is 0.508 e. The molecule has 22 heavy (non-hydrogen) atoms. The van der Waals surface area contributed by atoms with Gasteiger partial charge in [0.25, 0.3) is 0 Å². The molecule has 0 aliphatic rings. The van der Waals surface area contributed by atoms with Crippen molar-refractivity contribution in [2.75, 3.05) is 26.4 Å². The Morgan fingerprint density at radius 1 is 0.636 bits per heavy atom. The van der Waals surface area contributed by atoms with Crippen molar-refractivity contribution in [2.45, 2.75) is 52.4 Å². The molecule has 0 aliphatic heterocycles. The number of esters is 2. The van der Waals surface area contributed by atoms with Crippen LogP contribution in [0.5, 0.6) is 0 Å². The second kappa shape index (κ2) is 14.2. The van der Waals surface area contributed by atoms with Gasteiger partial charge in [0.15, 0.2) is 0 Å². The van der Waals surface area contributed by atoms with Crippen LogP contribution in [0, 0.1) is 0 Å². The van der Waals surface area contributed by atoms with Crippen molar-refractivity contribution in [2.24, 2.45) is 0 Å². The van der Waals surface area contributed by atoms with E-state index in [-0.39, 0.29) is 38.0 Å². The predicted octanol–water partition coefficient (Wildman–Crippen LogP) is 2.61. The van der Waals surface area contributed by atoms with E-state index in [2.05, 4.69) is 0 Å². The topological polar surface area (TPSA) is 88.1 Å². The number of rotatable bonds is 12. The minimum atomic E-state index is -0.802. The maximum absolute atomic E-state index is 11.2. The van der Waals surface area contributed by atoms with Crippen molar-refractivity contribution in [3.63, 3.8) is 0 Å². The maximum Gasteiger partial charge on any atom is 0.508 e. The second-order valence-electron chi connectivity index (χ2n) is 4.59. The number of ether oxygens (including phenoxy) is 4. The first-order valence-corrected chi connectivity index (χ1v) is 7.70. The normalized spacial score (nSPS) is 9.91. The molecule has 0 aromatic rings. The predicted molar refractivity (Wildman–Crippen MR) is 78.3 cm³/mol. The Balaban J connectivity index is 3.43. The zero-order chi connectivity index (χ0) is 16.6. The Bertz CT molecular complexity index is 298. The van der Waals surface area contributed by atoms with Crippen LogP contribution >= 0.6 is 0 Å². The first kappa shape index (κ1) is 20.2. The van der Waals surface area contributed by atoms with E-state index in [1.165, 1.54) is 0 Å². The molecule has 128 valence electrons. The van der Waals surface area contributed by atoms with E-state index in [1.807, 2.05) is 13.8 Å². The van der Waals surface area contributed by atoms with Crippen LogP contribution in [0.15, 0.2) is 0 Å². The van der Waals surface area contributed by atoms with E-state index in [0.717, 1.165) is 12.8 Å². The van der Waals surface area contributed by atoms with E-state index in [9.17, 15) is 14.4 Å². The Morgan fingerprint density at radius 2 is 1.05 bits per heavy atom. The molecule has 0 atom stereocenters. The first-order chi connectivity index (χ1) is 10.6. The third kappa shape index (κ3) is 13.2. The van der Waals surface area contributed by atoms with Gasteiger partial charge in [-0.1, -0.05) is 13.8 Å². The Morgan fingerprint density at radius 3 is 1.41 bits per heavy atom. The number of hydrogen-bond donors (Lipinski definition) is 0. The van der Waals surface area contributed by atoms with Crippen molar-refractivity contribution in [1.82, 2.24) is 0 Å². The molecule has 0 radical (unpaired) electrons. The van der Waals surface area contributed by atoms with Crippen LogP contribution in [0.3, 0.4) is 0 Å². The molecule has 0 aromatic heterocycles. The van der Waals surface area contributed by atoms with Crippen LogP contribution in [0.25, 0.3) is 0 Å². The van der Waals surface area contributed by atoms with Crippen molar-refractivity contribution in [3.05, 3.63) is 0 Å². The van der Waals surface area contributed by atoms with Crippen molar-refractivity contribution >= 4 is 18.1 Å². The van der Waals surface area contributed by atoms with Gasteiger partial charge in [0.05, 0.1) is 26.4 Å². The van der Waals surface area contributed by atoms with Gasteiger partial charge in [-0.05, 0) is 25.7 Å². The number of carbonyl (C=O) groups excluding carboxylic acids is 3. The molecular formula is C15H26O7. The molecule has 0 N–H and O–H groups in total. The highest BCUT2D eigenvalue weighted by Gasteiger charge is 2.07.